The molecule has 10 heterocycles. The molecule has 94 heavy (non-hydrogen) atoms. The van der Waals surface area contributed by atoms with Crippen LogP contribution in [-0.2, 0) is 0 Å². The first kappa shape index (κ1) is 56.8. The summed E-state index contributed by atoms with van der Waals surface area (Å²) < 4.78 is 0. The van der Waals surface area contributed by atoms with E-state index in [1.807, 2.05) is 0 Å². The molecule has 16 bridgehead atoms. The Kier molecular flexibility index (Phi) is 14.2. The Morgan fingerprint density at radius 2 is 0.372 bits per heavy atom. The summed E-state index contributed by atoms with van der Waals surface area (Å²) in [5.41, 5.74) is 34.0. The van der Waals surface area contributed by atoms with Gasteiger partial charge in [-0.3, -0.25) is 0 Å². The molecule has 4 N–H and O–H groups in total. The summed E-state index contributed by atoms with van der Waals surface area (Å²) in [6.07, 6.45) is 16.9. The average Bonchev–Trinajstić information content (AvgIpc) is 1.63. The van der Waals surface area contributed by atoms with Crippen LogP contribution >= 0.6 is 0 Å². The summed E-state index contributed by atoms with van der Waals surface area (Å²) in [5.74, 6) is 13.9. The molecular formula is C86H62N8. The number of hydrogen-bond donors (Lipinski definition) is 4. The van der Waals surface area contributed by atoms with Crippen LogP contribution in [0, 0.1) is 65.2 Å². The fourth-order valence-corrected chi connectivity index (χ4v) is 13.0. The average molecular weight is 1210 g/mol. The second-order valence-electron chi connectivity index (χ2n) is 24.7. The standard InChI is InChI=1S/C86H62N8/c1-51-11-23-57(24-12-51)81-69-39-35-65(87-69)63(66-36-40-70(88-66)82(58-25-13-52(2)14-26-58)74-44-48-78(92-74)85(77-47-43-73(81)91-77)61-31-19-55(5)20-32-61)9-7-8-10-64-67-37-41-71(89-67)83(59-27-15-53(3)16-28-59)75-45-49-79(93-75)86(62-33-21-56(6)22-34-62)80-50-46-76(94-80)84(72-42-38-68(64)90-72)60-29-17-54(4)18-30-60/h11-50,87,89,92,94H,1-6H3. The number of aromatic amines is 4. The Morgan fingerprint density at radius 3 is 0.585 bits per heavy atom. The molecule has 16 rings (SSSR count). The van der Waals surface area contributed by atoms with Crippen molar-refractivity contribution in [2.45, 2.75) is 41.5 Å². The molecule has 0 saturated heterocycles. The quantitative estimate of drug-likeness (QED) is 0.124. The van der Waals surface area contributed by atoms with Gasteiger partial charge in [0.05, 0.1) is 67.7 Å². The predicted octanol–water partition coefficient (Wildman–Crippen LogP) is 20.9. The van der Waals surface area contributed by atoms with Crippen LogP contribution in [-0.4, -0.2) is 39.9 Å². The van der Waals surface area contributed by atoms with Crippen molar-refractivity contribution in [3.05, 3.63) is 284 Å². The lowest BCUT2D eigenvalue weighted by Crippen LogP contribution is -1.90. The molecule has 0 atom stereocenters. The fraction of sp³-hybridized carbons (Fsp3) is 0.0698. The van der Waals surface area contributed by atoms with Gasteiger partial charge in [-0.25, -0.2) is 19.9 Å². The molecular weight excluding hydrogens is 1150 g/mol. The summed E-state index contributed by atoms with van der Waals surface area (Å²) in [4.78, 5) is 37.5. The molecule has 0 saturated carbocycles. The third-order valence-corrected chi connectivity index (χ3v) is 18.0. The van der Waals surface area contributed by atoms with E-state index in [0.717, 1.165) is 145 Å². The minimum absolute atomic E-state index is 0.687. The number of nitrogens with zero attached hydrogens (tertiary/aromatic N) is 4. The first-order valence-electron chi connectivity index (χ1n) is 31.8. The molecule has 6 aromatic heterocycles. The normalized spacial score (nSPS) is 12.0. The van der Waals surface area contributed by atoms with Gasteiger partial charge < -0.3 is 19.9 Å². The molecule has 4 aliphatic rings. The molecule has 446 valence electrons. The molecule has 0 unspecified atom stereocenters. The van der Waals surface area contributed by atoms with Gasteiger partial charge >= 0.3 is 0 Å². The van der Waals surface area contributed by atoms with Crippen molar-refractivity contribution < 1.29 is 0 Å². The largest absolute Gasteiger partial charge is 0.354 e. The molecule has 4 aliphatic heterocycles. The van der Waals surface area contributed by atoms with Crippen molar-refractivity contribution in [3.8, 4) is 90.4 Å². The van der Waals surface area contributed by atoms with E-state index in [1.54, 1.807) is 0 Å². The Morgan fingerprint density at radius 1 is 0.202 bits per heavy atom. The number of rotatable bonds is 6. The number of hydrogen-bond acceptors (Lipinski definition) is 4. The van der Waals surface area contributed by atoms with Gasteiger partial charge in [-0.05, 0) is 196 Å². The molecule has 0 amide bonds. The maximum Gasteiger partial charge on any atom is 0.0815 e. The first-order chi connectivity index (χ1) is 46.0. The Bertz CT molecular complexity index is 5290. The number of aryl methyl sites for hydroxylation is 6. The van der Waals surface area contributed by atoms with Crippen LogP contribution in [0.4, 0.5) is 0 Å². The Balaban J connectivity index is 0.952. The van der Waals surface area contributed by atoms with E-state index < -0.39 is 0 Å². The Hall–Kier alpha value is -12.4. The third kappa shape index (κ3) is 10.7. The molecule has 8 nitrogen and oxygen atoms in total. The minimum Gasteiger partial charge on any atom is -0.354 e. The SMILES string of the molecule is Cc1ccc(-c2c3nc(c(-c4ccc(C)cc4)c4ccc([nH]4)c(-c4ccc(C)cc4)c4nc(c(C#CC#Cc5c6nc(c(-c7ccc(C)cc7)c7ccc([nH]7)c(-c7ccc(C)cc7)c7nc(c(-c8ccc(C)cc8)c8ccc5[nH]8)C=C7)C=C6)c5ccc2[nH]5)C=C4)C=C3)cc1. The monoisotopic (exact) mass is 1210 g/mol. The van der Waals surface area contributed by atoms with Crippen LogP contribution in [0.15, 0.2) is 194 Å². The second kappa shape index (κ2) is 23.5. The minimum atomic E-state index is 0.687. The highest BCUT2D eigenvalue weighted by Crippen LogP contribution is 2.40. The molecule has 0 fully saturated rings. The highest BCUT2D eigenvalue weighted by Gasteiger charge is 2.21. The first-order valence-corrected chi connectivity index (χ1v) is 31.8. The van der Waals surface area contributed by atoms with E-state index in [4.69, 9.17) is 19.9 Å². The van der Waals surface area contributed by atoms with Crippen LogP contribution in [0.1, 0.15) is 90.1 Å². The van der Waals surface area contributed by atoms with Crippen molar-refractivity contribution in [1.29, 1.82) is 0 Å². The third-order valence-electron chi connectivity index (χ3n) is 18.0. The van der Waals surface area contributed by atoms with Gasteiger partial charge in [-0.2, -0.15) is 0 Å². The summed E-state index contributed by atoms with van der Waals surface area (Å²) in [6.45, 7) is 12.7. The summed E-state index contributed by atoms with van der Waals surface area (Å²) in [7, 11) is 0. The maximum atomic E-state index is 5.51. The Labute approximate surface area is 545 Å². The fourth-order valence-electron chi connectivity index (χ4n) is 13.0. The molecule has 8 heteroatoms. The van der Waals surface area contributed by atoms with Crippen molar-refractivity contribution in [2.75, 3.05) is 0 Å². The zero-order valence-electron chi connectivity index (χ0n) is 52.9. The summed E-state index contributed by atoms with van der Waals surface area (Å²) >= 11 is 0. The van der Waals surface area contributed by atoms with Crippen molar-refractivity contribution in [3.63, 3.8) is 0 Å². The van der Waals surface area contributed by atoms with E-state index in [2.05, 4.69) is 328 Å². The van der Waals surface area contributed by atoms with E-state index in [9.17, 15) is 0 Å². The highest BCUT2D eigenvalue weighted by atomic mass is 14.8. The summed E-state index contributed by atoms with van der Waals surface area (Å²) in [5, 5.41) is 0. The van der Waals surface area contributed by atoms with E-state index in [1.165, 1.54) is 33.4 Å². The van der Waals surface area contributed by atoms with Crippen molar-refractivity contribution in [2.24, 2.45) is 0 Å². The van der Waals surface area contributed by atoms with Gasteiger partial charge in [0, 0.05) is 66.5 Å². The summed E-state index contributed by atoms with van der Waals surface area (Å²) in [6, 6.07) is 69.0. The topological polar surface area (TPSA) is 115 Å². The van der Waals surface area contributed by atoms with E-state index in [-0.39, 0.29) is 0 Å². The lowest BCUT2D eigenvalue weighted by Gasteiger charge is -2.07. The molecule has 0 aliphatic carbocycles. The zero-order chi connectivity index (χ0) is 63.6. The van der Waals surface area contributed by atoms with Gasteiger partial charge in [0.15, 0.2) is 0 Å². The molecule has 6 aromatic carbocycles. The smallest absolute Gasteiger partial charge is 0.0815 e. The molecule has 0 spiro atoms. The lowest BCUT2D eigenvalue weighted by molar-refractivity contribution is 1.30. The van der Waals surface area contributed by atoms with Crippen LogP contribution in [0.5, 0.6) is 0 Å². The van der Waals surface area contributed by atoms with Gasteiger partial charge in [-0.1, -0.05) is 179 Å². The maximum absolute atomic E-state index is 5.51. The second-order valence-corrected chi connectivity index (χ2v) is 24.7. The van der Waals surface area contributed by atoms with Crippen LogP contribution in [0.3, 0.4) is 0 Å². The van der Waals surface area contributed by atoms with Crippen molar-refractivity contribution in [1.82, 2.24) is 39.9 Å². The van der Waals surface area contributed by atoms with Crippen LogP contribution in [0.2, 0.25) is 0 Å². The van der Waals surface area contributed by atoms with Gasteiger partial charge in [0.25, 0.3) is 0 Å². The van der Waals surface area contributed by atoms with Crippen LogP contribution < -0.4 is 0 Å². The van der Waals surface area contributed by atoms with E-state index >= 15 is 0 Å². The van der Waals surface area contributed by atoms with Gasteiger partial charge in [-0.15, -0.1) is 0 Å². The number of nitrogens with one attached hydrogen (secondary N) is 4. The van der Waals surface area contributed by atoms with Crippen molar-refractivity contribution >= 4 is 92.7 Å². The molecule has 0 radical (unpaired) electrons. The lowest BCUT2D eigenvalue weighted by atomic mass is 10.0. The number of fused-ring (bicyclic) bond motifs is 16. The number of benzene rings is 6. The highest BCUT2D eigenvalue weighted by molar-refractivity contribution is 6.01. The molecule has 12 aromatic rings. The van der Waals surface area contributed by atoms with Crippen LogP contribution in [0.25, 0.3) is 160 Å². The number of aromatic nitrogens is 8. The van der Waals surface area contributed by atoms with Gasteiger partial charge in [0.1, 0.15) is 0 Å². The van der Waals surface area contributed by atoms with Gasteiger partial charge in [0.2, 0.25) is 0 Å². The van der Waals surface area contributed by atoms with E-state index in [0.29, 0.717) is 22.5 Å². The number of H-pyrrole nitrogens is 4. The predicted molar refractivity (Wildman–Crippen MR) is 393 cm³/mol. The zero-order valence-corrected chi connectivity index (χ0v) is 52.9.